The second-order valence-electron chi connectivity index (χ2n) is 5.24. The number of aromatic nitrogens is 1. The highest BCUT2D eigenvalue weighted by atomic mass is 16.5. The van der Waals surface area contributed by atoms with E-state index in [1.54, 1.807) is 0 Å². The van der Waals surface area contributed by atoms with E-state index in [0.29, 0.717) is 23.6 Å². The standard InChI is InChI=1S/C18H22N2O2/c1-4-5-11-22-16-12-13(2)19-14(3)17(16)18(21)20-15-9-7-6-8-10-15/h6-10,12H,4-5,11H2,1-3H3,(H,20,21). The number of carbonyl (C=O) groups excluding carboxylic acids is 1. The van der Waals surface area contributed by atoms with Crippen LogP contribution < -0.4 is 10.1 Å². The van der Waals surface area contributed by atoms with Crippen molar-refractivity contribution in [3.05, 3.63) is 53.3 Å². The van der Waals surface area contributed by atoms with Crippen LogP contribution in [0.5, 0.6) is 5.75 Å². The Kier molecular flexibility index (Phi) is 5.53. The van der Waals surface area contributed by atoms with Gasteiger partial charge in [0.15, 0.2) is 0 Å². The normalized spacial score (nSPS) is 10.3. The van der Waals surface area contributed by atoms with E-state index in [1.807, 2.05) is 50.2 Å². The van der Waals surface area contributed by atoms with Gasteiger partial charge in [0.1, 0.15) is 11.3 Å². The van der Waals surface area contributed by atoms with E-state index in [9.17, 15) is 4.79 Å². The maximum Gasteiger partial charge on any atom is 0.261 e. The summed E-state index contributed by atoms with van der Waals surface area (Å²) in [5.74, 6) is 0.412. The van der Waals surface area contributed by atoms with Crippen molar-refractivity contribution in [2.45, 2.75) is 33.6 Å². The Morgan fingerprint density at radius 1 is 1.23 bits per heavy atom. The minimum absolute atomic E-state index is 0.192. The average Bonchev–Trinajstić information content (AvgIpc) is 2.47. The molecule has 0 fully saturated rings. The molecule has 0 saturated carbocycles. The molecule has 116 valence electrons. The van der Waals surface area contributed by atoms with Crippen LogP contribution in [0, 0.1) is 13.8 Å². The number of benzene rings is 1. The summed E-state index contributed by atoms with van der Waals surface area (Å²) in [5.41, 5.74) is 2.79. The van der Waals surface area contributed by atoms with Gasteiger partial charge in [0.2, 0.25) is 0 Å². The van der Waals surface area contributed by atoms with Crippen molar-refractivity contribution in [3.63, 3.8) is 0 Å². The third kappa shape index (κ3) is 4.07. The van der Waals surface area contributed by atoms with Gasteiger partial charge < -0.3 is 10.1 Å². The summed E-state index contributed by atoms with van der Waals surface area (Å²) >= 11 is 0. The van der Waals surface area contributed by atoms with Gasteiger partial charge >= 0.3 is 0 Å². The van der Waals surface area contributed by atoms with Gasteiger partial charge in [-0.15, -0.1) is 0 Å². The topological polar surface area (TPSA) is 51.2 Å². The van der Waals surface area contributed by atoms with E-state index >= 15 is 0 Å². The molecule has 2 rings (SSSR count). The van der Waals surface area contributed by atoms with Gasteiger partial charge in [-0.2, -0.15) is 0 Å². The van der Waals surface area contributed by atoms with Crippen molar-refractivity contribution in [1.82, 2.24) is 4.98 Å². The van der Waals surface area contributed by atoms with Crippen molar-refractivity contribution in [1.29, 1.82) is 0 Å². The number of ether oxygens (including phenoxy) is 1. The fraction of sp³-hybridized carbons (Fsp3) is 0.333. The zero-order chi connectivity index (χ0) is 15.9. The number of nitrogens with one attached hydrogen (secondary N) is 1. The molecule has 1 aromatic heterocycles. The molecule has 1 heterocycles. The largest absolute Gasteiger partial charge is 0.493 e. The molecule has 0 spiro atoms. The lowest BCUT2D eigenvalue weighted by Crippen LogP contribution is -2.16. The molecule has 1 aromatic carbocycles. The van der Waals surface area contributed by atoms with Crippen LogP contribution in [-0.2, 0) is 0 Å². The van der Waals surface area contributed by atoms with Crippen molar-refractivity contribution >= 4 is 11.6 Å². The first kappa shape index (κ1) is 16.0. The number of para-hydroxylation sites is 1. The zero-order valence-electron chi connectivity index (χ0n) is 13.3. The van der Waals surface area contributed by atoms with Gasteiger partial charge in [0.25, 0.3) is 5.91 Å². The Morgan fingerprint density at radius 2 is 1.95 bits per heavy atom. The number of nitrogens with zero attached hydrogens (tertiary/aromatic N) is 1. The summed E-state index contributed by atoms with van der Waals surface area (Å²) in [6, 6.07) is 11.2. The van der Waals surface area contributed by atoms with Gasteiger partial charge in [-0.25, -0.2) is 0 Å². The van der Waals surface area contributed by atoms with E-state index in [-0.39, 0.29) is 5.91 Å². The van der Waals surface area contributed by atoms with Crippen LogP contribution in [0.2, 0.25) is 0 Å². The van der Waals surface area contributed by atoms with E-state index in [1.165, 1.54) is 0 Å². The minimum Gasteiger partial charge on any atom is -0.493 e. The molecule has 4 nitrogen and oxygen atoms in total. The molecule has 1 amide bonds. The lowest BCUT2D eigenvalue weighted by atomic mass is 10.1. The number of hydrogen-bond acceptors (Lipinski definition) is 3. The van der Waals surface area contributed by atoms with E-state index in [4.69, 9.17) is 4.74 Å². The van der Waals surface area contributed by atoms with Crippen molar-refractivity contribution < 1.29 is 9.53 Å². The van der Waals surface area contributed by atoms with E-state index in [2.05, 4.69) is 17.2 Å². The molecule has 0 atom stereocenters. The first-order valence-electron chi connectivity index (χ1n) is 7.59. The zero-order valence-corrected chi connectivity index (χ0v) is 13.3. The lowest BCUT2D eigenvalue weighted by molar-refractivity contribution is 0.102. The second-order valence-corrected chi connectivity index (χ2v) is 5.24. The second kappa shape index (κ2) is 7.59. The summed E-state index contributed by atoms with van der Waals surface area (Å²) < 4.78 is 5.80. The SMILES string of the molecule is CCCCOc1cc(C)nc(C)c1C(=O)Nc1ccccc1. The van der Waals surface area contributed by atoms with E-state index in [0.717, 1.165) is 24.2 Å². The number of aryl methyl sites for hydroxylation is 2. The Hall–Kier alpha value is -2.36. The summed E-state index contributed by atoms with van der Waals surface area (Å²) in [6.45, 7) is 6.44. The molecular weight excluding hydrogens is 276 g/mol. The van der Waals surface area contributed by atoms with Crippen molar-refractivity contribution in [2.24, 2.45) is 0 Å². The predicted molar refractivity (Wildman–Crippen MR) is 88.5 cm³/mol. The molecule has 4 heteroatoms. The van der Waals surface area contributed by atoms with Gasteiger partial charge in [0.05, 0.1) is 12.3 Å². The molecule has 0 aliphatic heterocycles. The number of hydrogen-bond donors (Lipinski definition) is 1. The Labute approximate surface area is 131 Å². The van der Waals surface area contributed by atoms with Gasteiger partial charge in [-0.05, 0) is 32.4 Å². The average molecular weight is 298 g/mol. The summed E-state index contributed by atoms with van der Waals surface area (Å²) in [4.78, 5) is 17.0. The maximum atomic E-state index is 12.6. The molecule has 0 saturated heterocycles. The highest BCUT2D eigenvalue weighted by molar-refractivity contribution is 6.07. The summed E-state index contributed by atoms with van der Waals surface area (Å²) in [7, 11) is 0. The highest BCUT2D eigenvalue weighted by Crippen LogP contribution is 2.24. The number of amides is 1. The van der Waals surface area contributed by atoms with Crippen LogP contribution in [-0.4, -0.2) is 17.5 Å². The summed E-state index contributed by atoms with van der Waals surface area (Å²) in [6.07, 6.45) is 2.01. The monoisotopic (exact) mass is 298 g/mol. The Balaban J connectivity index is 2.25. The molecule has 2 aromatic rings. The van der Waals surface area contributed by atoms with E-state index < -0.39 is 0 Å². The summed E-state index contributed by atoms with van der Waals surface area (Å²) in [5, 5.41) is 2.89. The molecule has 0 bridgehead atoms. The van der Waals surface area contributed by atoms with Crippen LogP contribution in [0.4, 0.5) is 5.69 Å². The molecule has 0 aliphatic carbocycles. The van der Waals surface area contributed by atoms with Crippen molar-refractivity contribution in [3.8, 4) is 5.75 Å². The van der Waals surface area contributed by atoms with Crippen LogP contribution in [0.3, 0.4) is 0 Å². The van der Waals surface area contributed by atoms with Crippen molar-refractivity contribution in [2.75, 3.05) is 11.9 Å². The number of rotatable bonds is 6. The fourth-order valence-corrected chi connectivity index (χ4v) is 2.22. The third-order valence-electron chi connectivity index (χ3n) is 3.31. The fourth-order valence-electron chi connectivity index (χ4n) is 2.22. The van der Waals surface area contributed by atoms with Gasteiger partial charge in [0, 0.05) is 17.4 Å². The molecule has 1 N–H and O–H groups in total. The third-order valence-corrected chi connectivity index (χ3v) is 3.31. The van der Waals surface area contributed by atoms with Gasteiger partial charge in [-0.3, -0.25) is 9.78 Å². The number of unbranched alkanes of at least 4 members (excludes halogenated alkanes) is 1. The smallest absolute Gasteiger partial charge is 0.261 e. The first-order chi connectivity index (χ1) is 10.6. The number of carbonyl (C=O) groups is 1. The Morgan fingerprint density at radius 3 is 2.64 bits per heavy atom. The number of pyridine rings is 1. The molecule has 0 radical (unpaired) electrons. The Bertz CT molecular complexity index is 639. The molecule has 0 unspecified atom stereocenters. The quantitative estimate of drug-likeness (QED) is 0.816. The van der Waals surface area contributed by atoms with Crippen LogP contribution in [0.1, 0.15) is 41.5 Å². The highest BCUT2D eigenvalue weighted by Gasteiger charge is 2.18. The van der Waals surface area contributed by atoms with Gasteiger partial charge in [-0.1, -0.05) is 31.5 Å². The maximum absolute atomic E-state index is 12.6. The minimum atomic E-state index is -0.192. The molecular formula is C18H22N2O2. The van der Waals surface area contributed by atoms with Crippen LogP contribution in [0.25, 0.3) is 0 Å². The van der Waals surface area contributed by atoms with Crippen LogP contribution in [0.15, 0.2) is 36.4 Å². The van der Waals surface area contributed by atoms with Crippen LogP contribution >= 0.6 is 0 Å². The molecule has 0 aliphatic rings. The lowest BCUT2D eigenvalue weighted by Gasteiger charge is -2.14. The predicted octanol–water partition coefficient (Wildman–Crippen LogP) is 4.13. The molecule has 22 heavy (non-hydrogen) atoms. The first-order valence-corrected chi connectivity index (χ1v) is 7.59. The number of anilines is 1.